The van der Waals surface area contributed by atoms with Crippen LogP contribution in [0.2, 0.25) is 0 Å². The highest BCUT2D eigenvalue weighted by Gasteiger charge is 2.10. The molecule has 0 aliphatic rings. The van der Waals surface area contributed by atoms with Crippen LogP contribution in [0.3, 0.4) is 0 Å². The van der Waals surface area contributed by atoms with Gasteiger partial charge in [0.15, 0.2) is 11.5 Å². The third kappa shape index (κ3) is 2.40. The molecule has 20 heavy (non-hydrogen) atoms. The Labute approximate surface area is 115 Å². The average molecular weight is 267 g/mol. The van der Waals surface area contributed by atoms with Crippen molar-refractivity contribution in [1.29, 1.82) is 0 Å². The predicted molar refractivity (Wildman–Crippen MR) is 75.0 cm³/mol. The minimum atomic E-state index is -0.969. The Hall–Kier alpha value is -2.62. The maximum Gasteiger partial charge on any atom is 0.335 e. The van der Waals surface area contributed by atoms with E-state index in [4.69, 9.17) is 9.52 Å². The molecule has 0 atom stereocenters. The number of fused-ring (bicyclic) bond motifs is 1. The van der Waals surface area contributed by atoms with Crippen molar-refractivity contribution >= 4 is 17.1 Å². The number of benzene rings is 2. The Morgan fingerprint density at radius 2 is 2.10 bits per heavy atom. The summed E-state index contributed by atoms with van der Waals surface area (Å²) in [5, 5.41) is 8.95. The summed E-state index contributed by atoms with van der Waals surface area (Å²) in [4.78, 5) is 15.3. The number of oxazole rings is 1. The van der Waals surface area contributed by atoms with Crippen LogP contribution in [-0.4, -0.2) is 16.1 Å². The molecule has 2 aromatic carbocycles. The van der Waals surface area contributed by atoms with Crippen molar-refractivity contribution in [3.63, 3.8) is 0 Å². The van der Waals surface area contributed by atoms with Gasteiger partial charge in [0.1, 0.15) is 5.52 Å². The number of hydrogen-bond donors (Lipinski definition) is 1. The Bertz CT molecular complexity index is 789. The van der Waals surface area contributed by atoms with E-state index in [1.165, 1.54) is 17.7 Å². The van der Waals surface area contributed by atoms with E-state index in [-0.39, 0.29) is 5.56 Å². The Morgan fingerprint density at radius 1 is 1.25 bits per heavy atom. The van der Waals surface area contributed by atoms with Gasteiger partial charge in [-0.1, -0.05) is 29.8 Å². The number of rotatable bonds is 3. The number of carbonyl (C=O) groups is 1. The minimum Gasteiger partial charge on any atom is -0.478 e. The highest BCUT2D eigenvalue weighted by molar-refractivity contribution is 5.91. The fourth-order valence-corrected chi connectivity index (χ4v) is 2.18. The lowest BCUT2D eigenvalue weighted by molar-refractivity contribution is 0.0697. The van der Waals surface area contributed by atoms with E-state index in [9.17, 15) is 4.79 Å². The van der Waals surface area contributed by atoms with Gasteiger partial charge in [0, 0.05) is 6.42 Å². The molecule has 0 radical (unpaired) electrons. The highest BCUT2D eigenvalue weighted by Crippen LogP contribution is 2.19. The Balaban J connectivity index is 1.95. The second kappa shape index (κ2) is 4.81. The zero-order valence-corrected chi connectivity index (χ0v) is 11.0. The zero-order chi connectivity index (χ0) is 14.1. The van der Waals surface area contributed by atoms with Gasteiger partial charge < -0.3 is 9.52 Å². The quantitative estimate of drug-likeness (QED) is 0.789. The highest BCUT2D eigenvalue weighted by atomic mass is 16.4. The van der Waals surface area contributed by atoms with E-state index in [0.29, 0.717) is 23.4 Å². The molecule has 0 fully saturated rings. The molecular weight excluding hydrogens is 254 g/mol. The molecule has 0 unspecified atom stereocenters. The molecule has 3 aromatic rings. The number of aromatic nitrogens is 1. The van der Waals surface area contributed by atoms with Gasteiger partial charge in [0.25, 0.3) is 0 Å². The van der Waals surface area contributed by atoms with Crippen LogP contribution < -0.4 is 0 Å². The molecule has 1 heterocycles. The van der Waals surface area contributed by atoms with Crippen LogP contribution in [0.5, 0.6) is 0 Å². The smallest absolute Gasteiger partial charge is 0.335 e. The van der Waals surface area contributed by atoms with E-state index in [0.717, 1.165) is 5.56 Å². The normalized spacial score (nSPS) is 10.8. The fraction of sp³-hybridized carbons (Fsp3) is 0.125. The first-order chi connectivity index (χ1) is 9.61. The molecule has 100 valence electrons. The van der Waals surface area contributed by atoms with Crippen LogP contribution >= 0.6 is 0 Å². The molecule has 4 nitrogen and oxygen atoms in total. The Morgan fingerprint density at radius 3 is 2.85 bits per heavy atom. The molecule has 0 bridgehead atoms. The summed E-state index contributed by atoms with van der Waals surface area (Å²) in [5.74, 6) is -0.378. The summed E-state index contributed by atoms with van der Waals surface area (Å²) >= 11 is 0. The SMILES string of the molecule is Cc1cccc(Cc2nc3ccc(C(=O)O)cc3o2)c1. The third-order valence-corrected chi connectivity index (χ3v) is 3.12. The van der Waals surface area contributed by atoms with Crippen LogP contribution in [0.1, 0.15) is 27.4 Å². The molecule has 0 aliphatic carbocycles. The number of carboxylic acid groups (broad SMARTS) is 1. The average Bonchev–Trinajstić information content (AvgIpc) is 2.79. The van der Waals surface area contributed by atoms with E-state index in [2.05, 4.69) is 11.1 Å². The minimum absolute atomic E-state index is 0.204. The van der Waals surface area contributed by atoms with Crippen molar-refractivity contribution in [2.75, 3.05) is 0 Å². The third-order valence-electron chi connectivity index (χ3n) is 3.12. The lowest BCUT2D eigenvalue weighted by Crippen LogP contribution is -1.94. The monoisotopic (exact) mass is 267 g/mol. The maximum atomic E-state index is 10.9. The number of carboxylic acids is 1. The van der Waals surface area contributed by atoms with Crippen molar-refractivity contribution in [2.45, 2.75) is 13.3 Å². The van der Waals surface area contributed by atoms with E-state index < -0.39 is 5.97 Å². The summed E-state index contributed by atoms with van der Waals surface area (Å²) in [6, 6.07) is 12.8. The van der Waals surface area contributed by atoms with Gasteiger partial charge in [-0.15, -0.1) is 0 Å². The summed E-state index contributed by atoms with van der Waals surface area (Å²) in [5.41, 5.74) is 3.70. The van der Waals surface area contributed by atoms with Crippen molar-refractivity contribution in [3.05, 3.63) is 65.0 Å². The van der Waals surface area contributed by atoms with E-state index in [1.807, 2.05) is 25.1 Å². The summed E-state index contributed by atoms with van der Waals surface area (Å²) in [6.07, 6.45) is 0.596. The standard InChI is InChI=1S/C16H13NO3/c1-10-3-2-4-11(7-10)8-15-17-13-6-5-12(16(18)19)9-14(13)20-15/h2-7,9H,8H2,1H3,(H,18,19). The summed E-state index contributed by atoms with van der Waals surface area (Å²) in [7, 11) is 0. The van der Waals surface area contributed by atoms with Gasteiger partial charge in [-0.3, -0.25) is 0 Å². The largest absolute Gasteiger partial charge is 0.478 e. The van der Waals surface area contributed by atoms with Gasteiger partial charge in [0.2, 0.25) is 0 Å². The Kier molecular flexibility index (Phi) is 2.99. The van der Waals surface area contributed by atoms with Crippen molar-refractivity contribution in [1.82, 2.24) is 4.98 Å². The second-order valence-electron chi connectivity index (χ2n) is 4.76. The maximum absolute atomic E-state index is 10.9. The number of nitrogens with zero attached hydrogens (tertiary/aromatic N) is 1. The van der Waals surface area contributed by atoms with Crippen LogP contribution in [0.15, 0.2) is 46.9 Å². The summed E-state index contributed by atoms with van der Waals surface area (Å²) < 4.78 is 5.63. The fourth-order valence-electron chi connectivity index (χ4n) is 2.18. The number of aromatic carboxylic acids is 1. The van der Waals surface area contributed by atoms with Gasteiger partial charge in [-0.25, -0.2) is 9.78 Å². The lowest BCUT2D eigenvalue weighted by Gasteiger charge is -1.98. The molecule has 3 rings (SSSR count). The van der Waals surface area contributed by atoms with Crippen molar-refractivity contribution in [2.24, 2.45) is 0 Å². The topological polar surface area (TPSA) is 63.3 Å². The van der Waals surface area contributed by atoms with Gasteiger partial charge in [-0.2, -0.15) is 0 Å². The van der Waals surface area contributed by atoms with Crippen LogP contribution in [-0.2, 0) is 6.42 Å². The van der Waals surface area contributed by atoms with Crippen LogP contribution in [0.4, 0.5) is 0 Å². The zero-order valence-electron chi connectivity index (χ0n) is 11.0. The van der Waals surface area contributed by atoms with Gasteiger partial charge >= 0.3 is 5.97 Å². The number of aryl methyl sites for hydroxylation is 1. The van der Waals surface area contributed by atoms with Crippen molar-refractivity contribution < 1.29 is 14.3 Å². The molecule has 1 N–H and O–H groups in total. The number of hydrogen-bond acceptors (Lipinski definition) is 3. The van der Waals surface area contributed by atoms with Gasteiger partial charge in [0.05, 0.1) is 5.56 Å². The molecule has 1 aromatic heterocycles. The van der Waals surface area contributed by atoms with Crippen LogP contribution in [0.25, 0.3) is 11.1 Å². The molecule has 0 saturated carbocycles. The second-order valence-corrected chi connectivity index (χ2v) is 4.76. The predicted octanol–water partition coefficient (Wildman–Crippen LogP) is 3.43. The summed E-state index contributed by atoms with van der Waals surface area (Å²) in [6.45, 7) is 2.04. The van der Waals surface area contributed by atoms with E-state index >= 15 is 0 Å². The first-order valence-corrected chi connectivity index (χ1v) is 6.30. The molecule has 0 amide bonds. The van der Waals surface area contributed by atoms with Gasteiger partial charge in [-0.05, 0) is 30.7 Å². The van der Waals surface area contributed by atoms with Crippen LogP contribution in [0, 0.1) is 6.92 Å². The van der Waals surface area contributed by atoms with Crippen molar-refractivity contribution in [3.8, 4) is 0 Å². The van der Waals surface area contributed by atoms with E-state index in [1.54, 1.807) is 6.07 Å². The molecule has 0 aliphatic heterocycles. The molecular formula is C16H13NO3. The first kappa shape index (κ1) is 12.4. The first-order valence-electron chi connectivity index (χ1n) is 6.30. The lowest BCUT2D eigenvalue weighted by atomic mass is 10.1. The molecule has 0 spiro atoms. The molecule has 4 heteroatoms. The molecule has 0 saturated heterocycles.